The van der Waals surface area contributed by atoms with E-state index in [-0.39, 0.29) is 49.7 Å². The molecule has 288 valence electrons. The van der Waals surface area contributed by atoms with Crippen LogP contribution in [0.15, 0.2) is 65.2 Å². The van der Waals surface area contributed by atoms with Crippen molar-refractivity contribution in [3.05, 3.63) is 78.0 Å². The van der Waals surface area contributed by atoms with E-state index in [1.165, 1.54) is 23.1 Å². The van der Waals surface area contributed by atoms with E-state index in [0.29, 0.717) is 42.3 Å². The molecule has 2 saturated carbocycles. The Morgan fingerprint density at radius 2 is 1.84 bits per heavy atom. The summed E-state index contributed by atoms with van der Waals surface area (Å²) in [6, 6.07) is 11.1. The smallest absolute Gasteiger partial charge is 0.274 e. The minimum absolute atomic E-state index is 0.0111. The monoisotopic (exact) mass is 771 g/mol. The first-order chi connectivity index (χ1) is 26.4. The maximum absolute atomic E-state index is 14.7. The van der Waals surface area contributed by atoms with Crippen LogP contribution in [-0.2, 0) is 24.4 Å². The van der Waals surface area contributed by atoms with E-state index in [9.17, 15) is 32.0 Å². The number of hydrogen-bond acceptors (Lipinski definition) is 10. The number of para-hydroxylation sites is 1. The number of carbonyl (C=O) groups excluding carboxylic acids is 4. The van der Waals surface area contributed by atoms with Crippen LogP contribution < -0.4 is 14.8 Å². The predicted octanol–water partition coefficient (Wildman–Crippen LogP) is 5.06. The van der Waals surface area contributed by atoms with Gasteiger partial charge >= 0.3 is 0 Å². The first-order valence-electron chi connectivity index (χ1n) is 18.9. The average Bonchev–Trinajstić information content (AvgIpc) is 4.05. The molecule has 4 aromatic rings. The molecule has 13 nitrogen and oxygen atoms in total. The summed E-state index contributed by atoms with van der Waals surface area (Å²) >= 11 is 0. The molecule has 0 unspecified atom stereocenters. The molecule has 3 amide bonds. The van der Waals surface area contributed by atoms with Crippen molar-refractivity contribution in [2.45, 2.75) is 94.6 Å². The quantitative estimate of drug-likeness (QED) is 0.191. The van der Waals surface area contributed by atoms with Gasteiger partial charge in [-0.1, -0.05) is 54.4 Å². The number of sulfonamides is 1. The third-order valence-electron chi connectivity index (χ3n) is 11.3. The first-order valence-corrected chi connectivity index (χ1v) is 20.4. The number of allylic oxidation sites excluding steroid dienone is 2. The van der Waals surface area contributed by atoms with Crippen molar-refractivity contribution in [3.8, 4) is 5.88 Å². The lowest BCUT2D eigenvalue weighted by Crippen LogP contribution is -2.52. The van der Waals surface area contributed by atoms with Crippen LogP contribution >= 0.6 is 0 Å². The van der Waals surface area contributed by atoms with Crippen molar-refractivity contribution in [1.82, 2.24) is 25.1 Å². The van der Waals surface area contributed by atoms with E-state index in [1.807, 2.05) is 36.4 Å². The summed E-state index contributed by atoms with van der Waals surface area (Å²) in [4.78, 5) is 62.4. The number of amides is 3. The highest BCUT2D eigenvalue weighted by atomic mass is 32.2. The Bertz CT molecular complexity index is 2340. The maximum atomic E-state index is 14.7. The Morgan fingerprint density at radius 3 is 2.62 bits per heavy atom. The van der Waals surface area contributed by atoms with Crippen LogP contribution in [0.25, 0.3) is 21.7 Å². The lowest BCUT2D eigenvalue weighted by atomic mass is 9.91. The van der Waals surface area contributed by atoms with Crippen LogP contribution in [0.4, 0.5) is 4.39 Å². The SMILES string of the molecule is Cc1cc(C(=O)N[C@H]2CCCCC/C=C\[C@@H]3C[C@@]3(C(=O)NS(=O)(=O)C3CC3)CC(=O)[C@@H]3C[C@@H](Oc4nc5ccccc5c5ccc(F)cc45)CN3C2=O)no1. The Kier molecular flexibility index (Phi) is 9.68. The normalized spacial score (nSPS) is 26.8. The number of nitrogens with one attached hydrogen (secondary N) is 2. The number of pyridine rings is 1. The fraction of sp³-hybridized carbons (Fsp3) is 0.450. The van der Waals surface area contributed by atoms with Gasteiger partial charge in [0.1, 0.15) is 23.7 Å². The number of carbonyl (C=O) groups is 4. The molecule has 4 heterocycles. The fourth-order valence-electron chi connectivity index (χ4n) is 8.04. The zero-order chi connectivity index (χ0) is 38.5. The van der Waals surface area contributed by atoms with Crippen LogP contribution in [0.2, 0.25) is 0 Å². The Hall–Kier alpha value is -5.18. The molecule has 2 aliphatic carbocycles. The highest BCUT2D eigenvalue weighted by Crippen LogP contribution is 2.57. The molecule has 2 aromatic carbocycles. The molecule has 2 aliphatic heterocycles. The van der Waals surface area contributed by atoms with Crippen LogP contribution in [0.1, 0.15) is 80.5 Å². The number of aryl methyl sites for hydroxylation is 1. The molecule has 55 heavy (non-hydrogen) atoms. The largest absolute Gasteiger partial charge is 0.472 e. The predicted molar refractivity (Wildman–Crippen MR) is 199 cm³/mol. The number of rotatable bonds is 7. The summed E-state index contributed by atoms with van der Waals surface area (Å²) < 4.78 is 54.2. The van der Waals surface area contributed by atoms with Crippen LogP contribution in [-0.4, -0.2) is 76.9 Å². The molecule has 0 spiro atoms. The molecular weight excluding hydrogens is 730 g/mol. The van der Waals surface area contributed by atoms with Gasteiger partial charge < -0.3 is 19.5 Å². The molecule has 0 bridgehead atoms. The van der Waals surface area contributed by atoms with Gasteiger partial charge in [-0.2, -0.15) is 0 Å². The molecular formula is C40H42FN5O8S. The summed E-state index contributed by atoms with van der Waals surface area (Å²) in [5.41, 5.74) is -0.670. The first kappa shape index (κ1) is 36.8. The summed E-state index contributed by atoms with van der Waals surface area (Å²) in [6.45, 7) is 1.59. The zero-order valence-corrected chi connectivity index (χ0v) is 31.1. The number of halogens is 1. The molecule has 2 aromatic heterocycles. The van der Waals surface area contributed by atoms with Gasteiger partial charge in [0.05, 0.1) is 28.8 Å². The molecule has 1 saturated heterocycles. The van der Waals surface area contributed by atoms with Crippen LogP contribution in [0.3, 0.4) is 0 Å². The lowest BCUT2D eigenvalue weighted by molar-refractivity contribution is -0.140. The number of hydrogen-bond donors (Lipinski definition) is 2. The van der Waals surface area contributed by atoms with Crippen molar-refractivity contribution >= 4 is 55.2 Å². The van der Waals surface area contributed by atoms with Crippen molar-refractivity contribution in [3.63, 3.8) is 0 Å². The number of benzene rings is 2. The third-order valence-corrected chi connectivity index (χ3v) is 13.1. The van der Waals surface area contributed by atoms with Crippen molar-refractivity contribution in [2.75, 3.05) is 6.54 Å². The van der Waals surface area contributed by atoms with Gasteiger partial charge in [-0.15, -0.1) is 0 Å². The second-order valence-corrected chi connectivity index (χ2v) is 17.3. The average molecular weight is 772 g/mol. The molecule has 3 fully saturated rings. The van der Waals surface area contributed by atoms with Gasteiger partial charge in [-0.3, -0.25) is 23.9 Å². The third kappa shape index (κ3) is 7.45. The number of Topliss-reactive ketones (excluding diaryl/α,β-unsaturated/α-hetero) is 1. The topological polar surface area (TPSA) is 178 Å². The lowest BCUT2D eigenvalue weighted by Gasteiger charge is -2.29. The van der Waals surface area contributed by atoms with E-state index in [4.69, 9.17) is 14.2 Å². The Balaban J connectivity index is 1.13. The van der Waals surface area contributed by atoms with Gasteiger partial charge in [0, 0.05) is 29.7 Å². The number of ketones is 1. The summed E-state index contributed by atoms with van der Waals surface area (Å²) in [5.74, 6) is -2.52. The van der Waals surface area contributed by atoms with Gasteiger partial charge in [0.25, 0.3) is 5.91 Å². The van der Waals surface area contributed by atoms with Gasteiger partial charge in [-0.05, 0) is 75.0 Å². The molecule has 2 N–H and O–H groups in total. The van der Waals surface area contributed by atoms with Crippen molar-refractivity contribution in [1.29, 1.82) is 0 Å². The van der Waals surface area contributed by atoms with E-state index >= 15 is 0 Å². The maximum Gasteiger partial charge on any atom is 0.274 e. The highest BCUT2D eigenvalue weighted by Gasteiger charge is 2.61. The van der Waals surface area contributed by atoms with Crippen molar-refractivity contribution in [2.24, 2.45) is 11.3 Å². The minimum atomic E-state index is -3.88. The summed E-state index contributed by atoms with van der Waals surface area (Å²) in [6.07, 6.45) is 7.16. The molecule has 4 aliphatic rings. The number of ether oxygens (including phenoxy) is 1. The summed E-state index contributed by atoms with van der Waals surface area (Å²) in [7, 11) is -3.88. The van der Waals surface area contributed by atoms with Gasteiger partial charge in [-0.25, -0.2) is 17.8 Å². The molecule has 0 radical (unpaired) electrons. The Labute approximate surface area is 317 Å². The Morgan fingerprint density at radius 1 is 1.02 bits per heavy atom. The highest BCUT2D eigenvalue weighted by molar-refractivity contribution is 7.90. The molecule has 8 rings (SSSR count). The van der Waals surface area contributed by atoms with E-state index < -0.39 is 68.2 Å². The van der Waals surface area contributed by atoms with Crippen LogP contribution in [0.5, 0.6) is 5.88 Å². The number of aromatic nitrogens is 2. The second kappa shape index (κ2) is 14.5. The van der Waals surface area contributed by atoms with Gasteiger partial charge in [0.2, 0.25) is 27.7 Å². The minimum Gasteiger partial charge on any atom is -0.472 e. The standard InChI is InChI=1S/C40H42FN5O8S/c1-23-17-33(44-54-23)36(48)42-32-12-6-4-2-3-5-9-24-20-40(24,39(50)45-55(51,52)27-14-15-27)21-35(47)34-19-26(22-46(34)38(32)49)53-37-30-18-25(41)13-16-28(30)29-10-7-8-11-31(29)43-37/h5,7-11,13,16-18,24,26-27,32,34H,2-4,6,12,14-15,19-22H2,1H3,(H,42,48)(H,45,50)/b9-5-/t24-,26-,32+,34+,40-/m1/s1. The van der Waals surface area contributed by atoms with E-state index in [1.54, 1.807) is 13.0 Å². The zero-order valence-electron chi connectivity index (χ0n) is 30.3. The van der Waals surface area contributed by atoms with E-state index in [2.05, 4.69) is 15.2 Å². The van der Waals surface area contributed by atoms with Crippen LogP contribution in [0, 0.1) is 24.1 Å². The number of fused-ring (bicyclic) bond motifs is 5. The van der Waals surface area contributed by atoms with Crippen molar-refractivity contribution < 1.29 is 41.2 Å². The molecule has 15 heteroatoms. The van der Waals surface area contributed by atoms with E-state index in [0.717, 1.165) is 23.6 Å². The van der Waals surface area contributed by atoms with Gasteiger partial charge in [0.15, 0.2) is 11.5 Å². The second-order valence-electron chi connectivity index (χ2n) is 15.3. The summed E-state index contributed by atoms with van der Waals surface area (Å²) in [5, 5.41) is 7.94. The fourth-order valence-corrected chi connectivity index (χ4v) is 9.42. The molecule has 5 atom stereocenters. The number of nitrogens with zero attached hydrogens (tertiary/aromatic N) is 3.